The van der Waals surface area contributed by atoms with E-state index in [2.05, 4.69) is 52.7 Å². The maximum absolute atomic E-state index is 6.08. The van der Waals surface area contributed by atoms with Crippen LogP contribution in [0, 0.1) is 20.8 Å². The van der Waals surface area contributed by atoms with Gasteiger partial charge in [-0.2, -0.15) is 0 Å². The van der Waals surface area contributed by atoms with Gasteiger partial charge in [0.2, 0.25) is 0 Å². The van der Waals surface area contributed by atoms with Crippen molar-refractivity contribution in [3.63, 3.8) is 0 Å². The number of nitrogens with one attached hydrogen (secondary N) is 1. The first-order valence-corrected chi connectivity index (χ1v) is 13.9. The first-order valence-electron chi connectivity index (χ1n) is 13.5. The summed E-state index contributed by atoms with van der Waals surface area (Å²) in [6.45, 7) is 6.35. The molecule has 3 aromatic heterocycles. The number of hydrogen-bond donors (Lipinski definition) is 1. The van der Waals surface area contributed by atoms with Gasteiger partial charge in [0, 0.05) is 29.5 Å². The van der Waals surface area contributed by atoms with Crippen molar-refractivity contribution in [2.75, 3.05) is 12.0 Å². The molecule has 1 aliphatic rings. The van der Waals surface area contributed by atoms with E-state index in [4.69, 9.17) is 26.7 Å². The lowest BCUT2D eigenvalue weighted by molar-refractivity contribution is 0.413. The number of nitrogens with zero attached hydrogens (tertiary/aromatic N) is 4. The molecule has 2 aromatic carbocycles. The number of anilines is 1. The Bertz CT molecular complexity index is 1680. The molecular formula is C33H31N5O2S. The molecule has 0 spiro atoms. The first kappa shape index (κ1) is 26.5. The fourth-order valence-electron chi connectivity index (χ4n) is 5.49. The molecule has 0 radical (unpaired) electrons. The fourth-order valence-corrected chi connectivity index (χ4v) is 5.83. The second kappa shape index (κ2) is 11.1. The summed E-state index contributed by atoms with van der Waals surface area (Å²) in [5.41, 5.74) is 6.44. The highest BCUT2D eigenvalue weighted by Gasteiger charge is 2.42. The summed E-state index contributed by atoms with van der Waals surface area (Å²) in [6.07, 6.45) is 3.68. The highest BCUT2D eigenvalue weighted by atomic mass is 32.1. The molecule has 2 atom stereocenters. The molecule has 41 heavy (non-hydrogen) atoms. The van der Waals surface area contributed by atoms with Gasteiger partial charge in [0.25, 0.3) is 0 Å². The van der Waals surface area contributed by atoms with Gasteiger partial charge in [-0.1, -0.05) is 6.07 Å². The van der Waals surface area contributed by atoms with E-state index in [1.165, 1.54) is 0 Å². The standard InChI is InChI=1S/C33H31N5O2S/c1-21-16-18-35-30(19-21)37-22(2)20-28(23(37)3)32-31(29-7-5-6-17-34-29)36-33(41)38(32)24-8-10-26(11-9-24)40-27-14-12-25(39-4)13-15-27/h5-20,31-32H,1-4H3,(H,36,41)/t31-,32-/m1/s1. The van der Waals surface area contributed by atoms with Crippen molar-refractivity contribution in [3.8, 4) is 23.1 Å². The largest absolute Gasteiger partial charge is 0.497 e. The topological polar surface area (TPSA) is 64.4 Å². The molecule has 1 N–H and O–H groups in total. The zero-order valence-corrected chi connectivity index (χ0v) is 24.2. The zero-order valence-electron chi connectivity index (χ0n) is 23.4. The second-order valence-corrected chi connectivity index (χ2v) is 10.5. The monoisotopic (exact) mass is 561 g/mol. The minimum atomic E-state index is -0.140. The molecule has 0 saturated carbocycles. The number of ether oxygens (including phenoxy) is 2. The van der Waals surface area contributed by atoms with Gasteiger partial charge in [-0.15, -0.1) is 0 Å². The number of aryl methyl sites for hydroxylation is 2. The number of hydrogen-bond acceptors (Lipinski definition) is 5. The van der Waals surface area contributed by atoms with Gasteiger partial charge in [0.05, 0.1) is 24.9 Å². The maximum atomic E-state index is 6.08. The molecule has 8 heteroatoms. The third-order valence-corrected chi connectivity index (χ3v) is 7.74. The summed E-state index contributed by atoms with van der Waals surface area (Å²) in [5, 5.41) is 4.21. The highest BCUT2D eigenvalue weighted by molar-refractivity contribution is 7.80. The van der Waals surface area contributed by atoms with Crippen molar-refractivity contribution >= 4 is 23.0 Å². The van der Waals surface area contributed by atoms with E-state index in [9.17, 15) is 0 Å². The van der Waals surface area contributed by atoms with E-state index >= 15 is 0 Å². The van der Waals surface area contributed by atoms with Crippen LogP contribution in [0.5, 0.6) is 17.2 Å². The van der Waals surface area contributed by atoms with E-state index in [0.29, 0.717) is 5.11 Å². The van der Waals surface area contributed by atoms with Gasteiger partial charge >= 0.3 is 0 Å². The van der Waals surface area contributed by atoms with Crippen molar-refractivity contribution in [2.24, 2.45) is 0 Å². The van der Waals surface area contributed by atoms with Crippen LogP contribution in [0.3, 0.4) is 0 Å². The average Bonchev–Trinajstić information content (AvgIpc) is 3.49. The normalized spacial score (nSPS) is 16.5. The second-order valence-electron chi connectivity index (χ2n) is 10.1. The van der Waals surface area contributed by atoms with Crippen molar-refractivity contribution < 1.29 is 9.47 Å². The lowest BCUT2D eigenvalue weighted by Gasteiger charge is -2.28. The van der Waals surface area contributed by atoms with Crippen LogP contribution in [0.15, 0.2) is 97.3 Å². The molecule has 0 aliphatic carbocycles. The Labute approximate surface area is 245 Å². The molecule has 1 aliphatic heterocycles. The Kier molecular flexibility index (Phi) is 7.15. The van der Waals surface area contributed by atoms with Crippen LogP contribution in [-0.2, 0) is 0 Å². The Morgan fingerprint density at radius 2 is 1.51 bits per heavy atom. The van der Waals surface area contributed by atoms with E-state index in [1.807, 2.05) is 85.2 Å². The molecule has 0 amide bonds. The summed E-state index contributed by atoms with van der Waals surface area (Å²) in [6, 6.07) is 27.6. The third-order valence-electron chi connectivity index (χ3n) is 7.43. The zero-order chi connectivity index (χ0) is 28.5. The lowest BCUT2D eigenvalue weighted by Crippen LogP contribution is -2.29. The number of pyridine rings is 2. The van der Waals surface area contributed by atoms with Crippen molar-refractivity contribution in [3.05, 3.63) is 126 Å². The summed E-state index contributed by atoms with van der Waals surface area (Å²) in [4.78, 5) is 11.6. The summed E-state index contributed by atoms with van der Waals surface area (Å²) >= 11 is 5.96. The molecule has 1 fully saturated rings. The minimum absolute atomic E-state index is 0.129. The number of benzene rings is 2. The van der Waals surface area contributed by atoms with Gasteiger partial charge in [-0.3, -0.25) is 4.98 Å². The van der Waals surface area contributed by atoms with Gasteiger partial charge in [0.1, 0.15) is 23.1 Å². The van der Waals surface area contributed by atoms with Crippen molar-refractivity contribution in [2.45, 2.75) is 32.9 Å². The van der Waals surface area contributed by atoms with Crippen molar-refractivity contribution in [1.29, 1.82) is 0 Å². The Morgan fingerprint density at radius 3 is 2.17 bits per heavy atom. The molecule has 4 heterocycles. The van der Waals surface area contributed by atoms with E-state index in [-0.39, 0.29) is 12.1 Å². The number of thiocarbonyl (C=S) groups is 1. The Balaban J connectivity index is 1.39. The highest BCUT2D eigenvalue weighted by Crippen LogP contribution is 2.44. The molecule has 1 saturated heterocycles. The lowest BCUT2D eigenvalue weighted by atomic mass is 9.96. The van der Waals surface area contributed by atoms with E-state index in [0.717, 1.165) is 57.0 Å². The first-order chi connectivity index (χ1) is 19.9. The van der Waals surface area contributed by atoms with Crippen LogP contribution in [0.2, 0.25) is 0 Å². The van der Waals surface area contributed by atoms with Crippen LogP contribution >= 0.6 is 12.2 Å². The molecule has 5 aromatic rings. The number of rotatable bonds is 7. The van der Waals surface area contributed by atoms with Crippen LogP contribution in [-0.4, -0.2) is 26.8 Å². The van der Waals surface area contributed by atoms with Gasteiger partial charge in [-0.25, -0.2) is 4.98 Å². The summed E-state index contributed by atoms with van der Waals surface area (Å²) in [7, 11) is 1.65. The molecule has 6 rings (SSSR count). The number of methoxy groups -OCH3 is 1. The molecule has 0 unspecified atom stereocenters. The number of aromatic nitrogens is 3. The summed E-state index contributed by atoms with van der Waals surface area (Å²) < 4.78 is 13.5. The predicted octanol–water partition coefficient (Wildman–Crippen LogP) is 7.17. The van der Waals surface area contributed by atoms with Crippen molar-refractivity contribution in [1.82, 2.24) is 19.9 Å². The van der Waals surface area contributed by atoms with Crippen LogP contribution in [0.25, 0.3) is 5.82 Å². The minimum Gasteiger partial charge on any atom is -0.497 e. The fraction of sp³-hybridized carbons (Fsp3) is 0.182. The predicted molar refractivity (Wildman–Crippen MR) is 165 cm³/mol. The smallest absolute Gasteiger partial charge is 0.174 e. The molecule has 206 valence electrons. The van der Waals surface area contributed by atoms with E-state index < -0.39 is 0 Å². The van der Waals surface area contributed by atoms with Crippen LogP contribution < -0.4 is 19.7 Å². The van der Waals surface area contributed by atoms with Crippen LogP contribution in [0.1, 0.15) is 40.3 Å². The van der Waals surface area contributed by atoms with Crippen LogP contribution in [0.4, 0.5) is 5.69 Å². The van der Waals surface area contributed by atoms with E-state index in [1.54, 1.807) is 7.11 Å². The molecular weight excluding hydrogens is 530 g/mol. The van der Waals surface area contributed by atoms with Gasteiger partial charge in [-0.05, 0) is 123 Å². The Hall–Kier alpha value is -4.69. The molecule has 0 bridgehead atoms. The van der Waals surface area contributed by atoms with Gasteiger partial charge < -0.3 is 24.3 Å². The third kappa shape index (κ3) is 5.14. The van der Waals surface area contributed by atoms with Gasteiger partial charge in [0.15, 0.2) is 5.11 Å². The molecule has 7 nitrogen and oxygen atoms in total. The average molecular weight is 562 g/mol. The summed E-state index contributed by atoms with van der Waals surface area (Å²) in [5.74, 6) is 3.16. The SMILES string of the molecule is COc1ccc(Oc2ccc(N3C(=S)N[C@H](c4ccccn4)[C@H]3c3cc(C)n(-c4cc(C)ccn4)c3C)cc2)cc1. The Morgan fingerprint density at radius 1 is 0.805 bits per heavy atom. The quantitative estimate of drug-likeness (QED) is 0.211. The maximum Gasteiger partial charge on any atom is 0.174 e.